The maximum absolute atomic E-state index is 5.92. The van der Waals surface area contributed by atoms with Gasteiger partial charge in [0, 0.05) is 7.05 Å². The second kappa shape index (κ2) is 4.50. The first-order chi connectivity index (χ1) is 7.99. The van der Waals surface area contributed by atoms with Crippen LogP contribution in [0.4, 0.5) is 0 Å². The molecule has 0 unspecified atom stereocenters. The Morgan fingerprint density at radius 3 is 2.59 bits per heavy atom. The van der Waals surface area contributed by atoms with Crippen LogP contribution in [-0.2, 0) is 7.05 Å². The number of aryl methyl sites for hydroxylation is 2. The van der Waals surface area contributed by atoms with Gasteiger partial charge in [0.1, 0.15) is 10.7 Å². The molecule has 0 saturated heterocycles. The summed E-state index contributed by atoms with van der Waals surface area (Å²) in [6, 6.07) is 0. The minimum absolute atomic E-state index is 0.0867. The van der Waals surface area contributed by atoms with Gasteiger partial charge in [-0.3, -0.25) is 4.68 Å². The summed E-state index contributed by atoms with van der Waals surface area (Å²) in [5, 5.41) is 4.62. The van der Waals surface area contributed by atoms with Crippen LogP contribution in [0.2, 0.25) is 10.3 Å². The number of aromatic nitrogens is 4. The van der Waals surface area contributed by atoms with Crippen LogP contribution < -0.4 is 4.74 Å². The van der Waals surface area contributed by atoms with E-state index in [4.69, 9.17) is 27.9 Å². The molecular weight excluding hydrogens is 263 g/mol. The average molecular weight is 273 g/mol. The molecule has 0 radical (unpaired) electrons. The average Bonchev–Trinajstić information content (AvgIpc) is 2.50. The highest BCUT2D eigenvalue weighted by atomic mass is 35.5. The van der Waals surface area contributed by atoms with Crippen molar-refractivity contribution in [3.05, 3.63) is 27.9 Å². The van der Waals surface area contributed by atoms with Crippen molar-refractivity contribution >= 4 is 23.2 Å². The third-order valence-electron chi connectivity index (χ3n) is 2.32. The van der Waals surface area contributed by atoms with Crippen molar-refractivity contribution in [1.82, 2.24) is 19.7 Å². The molecule has 0 N–H and O–H groups in total. The van der Waals surface area contributed by atoms with Gasteiger partial charge in [0.2, 0.25) is 11.2 Å². The van der Waals surface area contributed by atoms with Crippen molar-refractivity contribution < 1.29 is 4.74 Å². The Balaban J connectivity index is 2.41. The summed E-state index contributed by atoms with van der Waals surface area (Å²) in [4.78, 5) is 7.68. The molecular formula is C10H10Cl2N4O. The smallest absolute Gasteiger partial charge is 0.242 e. The van der Waals surface area contributed by atoms with Crippen LogP contribution in [-0.4, -0.2) is 19.7 Å². The highest BCUT2D eigenvalue weighted by molar-refractivity contribution is 6.32. The zero-order chi connectivity index (χ0) is 12.6. The molecule has 0 spiro atoms. The first-order valence-electron chi connectivity index (χ1n) is 4.85. The molecule has 0 bridgehead atoms. The first-order valence-corrected chi connectivity index (χ1v) is 5.60. The Kier molecular flexibility index (Phi) is 3.22. The van der Waals surface area contributed by atoms with Gasteiger partial charge in [-0.15, -0.1) is 0 Å². The molecule has 0 aliphatic carbocycles. The van der Waals surface area contributed by atoms with Gasteiger partial charge in [-0.2, -0.15) is 10.1 Å². The van der Waals surface area contributed by atoms with E-state index in [0.717, 1.165) is 11.4 Å². The van der Waals surface area contributed by atoms with E-state index >= 15 is 0 Å². The van der Waals surface area contributed by atoms with Gasteiger partial charge in [0.25, 0.3) is 0 Å². The maximum atomic E-state index is 5.92. The zero-order valence-electron chi connectivity index (χ0n) is 9.53. The molecule has 0 amide bonds. The normalized spacial score (nSPS) is 10.6. The SMILES string of the molecule is Cc1nn(C)c(C)c1Oc1nc(Cl)ncc1Cl. The Labute approximate surface area is 108 Å². The van der Waals surface area contributed by atoms with E-state index in [0.29, 0.717) is 10.8 Å². The second-order valence-electron chi connectivity index (χ2n) is 3.52. The van der Waals surface area contributed by atoms with Crippen molar-refractivity contribution in [1.29, 1.82) is 0 Å². The van der Waals surface area contributed by atoms with Crippen LogP contribution in [0.25, 0.3) is 0 Å². The van der Waals surface area contributed by atoms with Crippen molar-refractivity contribution in [2.45, 2.75) is 13.8 Å². The van der Waals surface area contributed by atoms with E-state index in [1.165, 1.54) is 6.20 Å². The molecule has 2 aromatic rings. The van der Waals surface area contributed by atoms with Crippen LogP contribution in [0.5, 0.6) is 11.6 Å². The van der Waals surface area contributed by atoms with E-state index in [2.05, 4.69) is 15.1 Å². The minimum atomic E-state index is 0.0867. The fourth-order valence-corrected chi connectivity index (χ4v) is 1.66. The largest absolute Gasteiger partial charge is 0.433 e. The van der Waals surface area contributed by atoms with Gasteiger partial charge in [-0.25, -0.2) is 4.98 Å². The molecule has 0 aliphatic heterocycles. The quantitative estimate of drug-likeness (QED) is 0.789. The third-order valence-corrected chi connectivity index (χ3v) is 2.77. The Hall–Kier alpha value is -1.33. The van der Waals surface area contributed by atoms with Crippen molar-refractivity contribution in [2.75, 3.05) is 0 Å². The first kappa shape index (κ1) is 12.1. The number of hydrogen-bond donors (Lipinski definition) is 0. The van der Waals surface area contributed by atoms with Gasteiger partial charge in [0.15, 0.2) is 5.75 Å². The van der Waals surface area contributed by atoms with Crippen molar-refractivity contribution in [3.63, 3.8) is 0 Å². The van der Waals surface area contributed by atoms with Crippen LogP contribution in [0.1, 0.15) is 11.4 Å². The summed E-state index contributed by atoms with van der Waals surface area (Å²) in [5.74, 6) is 0.857. The zero-order valence-corrected chi connectivity index (χ0v) is 11.0. The lowest BCUT2D eigenvalue weighted by Crippen LogP contribution is -1.95. The Morgan fingerprint density at radius 1 is 1.29 bits per heavy atom. The van der Waals surface area contributed by atoms with Crippen molar-refractivity contribution in [2.24, 2.45) is 7.05 Å². The molecule has 0 aromatic carbocycles. The number of nitrogens with zero attached hydrogens (tertiary/aromatic N) is 4. The molecule has 0 fully saturated rings. The summed E-state index contributed by atoms with van der Waals surface area (Å²) in [5.41, 5.74) is 1.64. The number of halogens is 2. The lowest BCUT2D eigenvalue weighted by atomic mass is 10.3. The third kappa shape index (κ3) is 2.35. The fourth-order valence-electron chi connectivity index (χ4n) is 1.40. The summed E-state index contributed by atoms with van der Waals surface area (Å²) in [6.45, 7) is 3.74. The molecule has 2 aromatic heterocycles. The van der Waals surface area contributed by atoms with Gasteiger partial charge >= 0.3 is 0 Å². The molecule has 0 aliphatic rings. The van der Waals surface area contributed by atoms with E-state index in [9.17, 15) is 0 Å². The summed E-state index contributed by atoms with van der Waals surface area (Å²) < 4.78 is 7.35. The summed E-state index contributed by atoms with van der Waals surface area (Å²) >= 11 is 11.6. The lowest BCUT2D eigenvalue weighted by molar-refractivity contribution is 0.454. The maximum Gasteiger partial charge on any atom is 0.242 e. The molecule has 5 nitrogen and oxygen atoms in total. The molecule has 7 heteroatoms. The standard InChI is InChI=1S/C10H10Cl2N4O/c1-5-8(6(2)16(3)15-5)17-9-7(11)4-13-10(12)14-9/h4H,1-3H3. The predicted molar refractivity (Wildman–Crippen MR) is 64.8 cm³/mol. The second-order valence-corrected chi connectivity index (χ2v) is 4.26. The Bertz CT molecular complexity index is 568. The monoisotopic (exact) mass is 272 g/mol. The molecule has 2 rings (SSSR count). The van der Waals surface area contributed by atoms with Crippen molar-refractivity contribution in [3.8, 4) is 11.6 Å². The molecule has 17 heavy (non-hydrogen) atoms. The molecule has 90 valence electrons. The van der Waals surface area contributed by atoms with E-state index < -0.39 is 0 Å². The van der Waals surface area contributed by atoms with Gasteiger partial charge in [0.05, 0.1) is 11.9 Å². The minimum Gasteiger partial charge on any atom is -0.433 e. The molecule has 0 atom stereocenters. The molecule has 0 saturated carbocycles. The van der Waals surface area contributed by atoms with Crippen LogP contribution in [0.15, 0.2) is 6.20 Å². The van der Waals surface area contributed by atoms with Gasteiger partial charge in [-0.05, 0) is 25.4 Å². The van der Waals surface area contributed by atoms with Crippen LogP contribution in [0.3, 0.4) is 0 Å². The van der Waals surface area contributed by atoms with Crippen LogP contribution in [0, 0.1) is 13.8 Å². The fraction of sp³-hybridized carbons (Fsp3) is 0.300. The van der Waals surface area contributed by atoms with Gasteiger partial charge in [-0.1, -0.05) is 11.6 Å². The highest BCUT2D eigenvalue weighted by Crippen LogP contribution is 2.31. The van der Waals surface area contributed by atoms with E-state index in [1.54, 1.807) is 4.68 Å². The van der Waals surface area contributed by atoms with E-state index in [1.807, 2.05) is 20.9 Å². The highest BCUT2D eigenvalue weighted by Gasteiger charge is 2.14. The predicted octanol–water partition coefficient (Wildman–Crippen LogP) is 2.93. The number of hydrogen-bond acceptors (Lipinski definition) is 4. The lowest BCUT2D eigenvalue weighted by Gasteiger charge is -2.06. The molecule has 2 heterocycles. The Morgan fingerprint density at radius 2 is 2.00 bits per heavy atom. The topological polar surface area (TPSA) is 52.8 Å². The number of rotatable bonds is 2. The van der Waals surface area contributed by atoms with Gasteiger partial charge < -0.3 is 4.74 Å². The van der Waals surface area contributed by atoms with E-state index in [-0.39, 0.29) is 11.2 Å². The summed E-state index contributed by atoms with van der Waals surface area (Å²) in [7, 11) is 1.84. The number of ether oxygens (including phenoxy) is 1. The van der Waals surface area contributed by atoms with Crippen LogP contribution >= 0.6 is 23.2 Å². The summed E-state index contributed by atoms with van der Waals surface area (Å²) in [6.07, 6.45) is 1.40.